The maximum Gasteiger partial charge on any atom is 0.135 e. The van der Waals surface area contributed by atoms with E-state index in [0.717, 1.165) is 21.1 Å². The summed E-state index contributed by atoms with van der Waals surface area (Å²) in [6.45, 7) is 2.90. The first-order valence-corrected chi connectivity index (χ1v) is 5.08. The Morgan fingerprint density at radius 3 is 3.08 bits per heavy atom. The molecule has 0 fully saturated rings. The average molecular weight is 288 g/mol. The normalized spacial score (nSPS) is 10.9. The van der Waals surface area contributed by atoms with Gasteiger partial charge in [-0.25, -0.2) is 4.98 Å². The van der Waals surface area contributed by atoms with Crippen LogP contribution in [0.5, 0.6) is 0 Å². The number of halogens is 1. The van der Waals surface area contributed by atoms with Gasteiger partial charge in [0, 0.05) is 12.7 Å². The number of aromatic nitrogens is 3. The van der Waals surface area contributed by atoms with Crippen molar-refractivity contribution in [2.24, 2.45) is 0 Å². The smallest absolute Gasteiger partial charge is 0.135 e. The summed E-state index contributed by atoms with van der Waals surface area (Å²) in [5, 5.41) is 5.32. The zero-order chi connectivity index (χ0) is 9.42. The molecule has 2 heterocycles. The molecule has 0 spiro atoms. The number of nitrogens with two attached hydrogens (primary N) is 1. The van der Waals surface area contributed by atoms with Gasteiger partial charge >= 0.3 is 0 Å². The van der Waals surface area contributed by atoms with Crippen molar-refractivity contribution in [3.63, 3.8) is 0 Å². The van der Waals surface area contributed by atoms with Gasteiger partial charge in [0.2, 0.25) is 0 Å². The van der Waals surface area contributed by atoms with E-state index < -0.39 is 0 Å². The number of rotatable bonds is 1. The molecule has 0 aliphatic carbocycles. The van der Waals surface area contributed by atoms with Crippen molar-refractivity contribution in [2.75, 3.05) is 5.73 Å². The molecule has 0 radical (unpaired) electrons. The fraction of sp³-hybridized carbons (Fsp3) is 0.250. The van der Waals surface area contributed by atoms with Crippen molar-refractivity contribution in [1.82, 2.24) is 14.8 Å². The zero-order valence-electron chi connectivity index (χ0n) is 7.16. The predicted molar refractivity (Wildman–Crippen MR) is 60.3 cm³/mol. The van der Waals surface area contributed by atoms with Crippen LogP contribution in [0, 0.1) is 3.70 Å². The number of aryl methyl sites for hydroxylation is 1. The second kappa shape index (κ2) is 3.13. The predicted octanol–water partition coefficient (Wildman–Crippen LogP) is 1.64. The van der Waals surface area contributed by atoms with Gasteiger partial charge in [-0.05, 0) is 35.6 Å². The average Bonchev–Trinajstić information content (AvgIpc) is 2.44. The van der Waals surface area contributed by atoms with Gasteiger partial charge in [0.15, 0.2) is 0 Å². The van der Waals surface area contributed by atoms with E-state index in [1.54, 1.807) is 6.20 Å². The van der Waals surface area contributed by atoms with Crippen LogP contribution < -0.4 is 5.73 Å². The third-order valence-electron chi connectivity index (χ3n) is 1.95. The van der Waals surface area contributed by atoms with Crippen LogP contribution >= 0.6 is 22.6 Å². The highest BCUT2D eigenvalue weighted by Crippen LogP contribution is 2.23. The Kier molecular flexibility index (Phi) is 2.10. The SMILES string of the molecule is CCn1nc(I)c2c(N)nccc21. The second-order valence-electron chi connectivity index (χ2n) is 2.70. The minimum atomic E-state index is 0.557. The third-order valence-corrected chi connectivity index (χ3v) is 2.71. The maximum atomic E-state index is 5.76. The molecule has 0 aromatic carbocycles. The van der Waals surface area contributed by atoms with Gasteiger partial charge in [-0.2, -0.15) is 5.10 Å². The zero-order valence-corrected chi connectivity index (χ0v) is 9.32. The summed E-state index contributed by atoms with van der Waals surface area (Å²) < 4.78 is 2.84. The molecule has 2 N–H and O–H groups in total. The Balaban J connectivity index is 2.87. The first kappa shape index (κ1) is 8.74. The molecule has 68 valence electrons. The van der Waals surface area contributed by atoms with E-state index in [0.29, 0.717) is 5.82 Å². The van der Waals surface area contributed by atoms with Gasteiger partial charge in [-0.15, -0.1) is 0 Å². The molecule has 0 saturated carbocycles. The number of hydrogen-bond acceptors (Lipinski definition) is 3. The number of hydrogen-bond donors (Lipinski definition) is 1. The van der Waals surface area contributed by atoms with Crippen molar-refractivity contribution in [2.45, 2.75) is 13.5 Å². The lowest BCUT2D eigenvalue weighted by atomic mass is 10.3. The van der Waals surface area contributed by atoms with Gasteiger partial charge in [0.05, 0.1) is 10.9 Å². The summed E-state index contributed by atoms with van der Waals surface area (Å²) in [4.78, 5) is 4.04. The minimum Gasteiger partial charge on any atom is -0.383 e. The number of nitrogens with zero attached hydrogens (tertiary/aromatic N) is 3. The van der Waals surface area contributed by atoms with E-state index in [-0.39, 0.29) is 0 Å². The summed E-state index contributed by atoms with van der Waals surface area (Å²) in [7, 11) is 0. The lowest BCUT2D eigenvalue weighted by Crippen LogP contribution is -1.96. The molecule has 2 aromatic heterocycles. The highest BCUT2D eigenvalue weighted by Gasteiger charge is 2.09. The van der Waals surface area contributed by atoms with Gasteiger partial charge in [-0.3, -0.25) is 4.68 Å². The van der Waals surface area contributed by atoms with E-state index in [9.17, 15) is 0 Å². The van der Waals surface area contributed by atoms with E-state index in [1.807, 2.05) is 10.7 Å². The Hall–Kier alpha value is -0.850. The summed E-state index contributed by atoms with van der Waals surface area (Å²) in [5.74, 6) is 0.557. The summed E-state index contributed by atoms with van der Waals surface area (Å²) in [6.07, 6.45) is 1.71. The largest absolute Gasteiger partial charge is 0.383 e. The van der Waals surface area contributed by atoms with Gasteiger partial charge in [-0.1, -0.05) is 0 Å². The summed E-state index contributed by atoms with van der Waals surface area (Å²) in [6, 6.07) is 1.93. The molecule has 0 aliphatic rings. The maximum absolute atomic E-state index is 5.76. The highest BCUT2D eigenvalue weighted by atomic mass is 127. The standard InChI is InChI=1S/C8H9IN4/c1-2-13-5-3-4-11-8(10)6(5)7(9)12-13/h3-4H,2H2,1H3,(H2,10,11). The van der Waals surface area contributed by atoms with E-state index >= 15 is 0 Å². The minimum absolute atomic E-state index is 0.557. The van der Waals surface area contributed by atoms with E-state index in [1.165, 1.54) is 0 Å². The molecular weight excluding hydrogens is 279 g/mol. The van der Waals surface area contributed by atoms with Gasteiger partial charge < -0.3 is 5.73 Å². The molecule has 0 aliphatic heterocycles. The van der Waals surface area contributed by atoms with E-state index in [4.69, 9.17) is 5.73 Å². The Morgan fingerprint density at radius 1 is 1.62 bits per heavy atom. The quantitative estimate of drug-likeness (QED) is 0.812. The molecule has 13 heavy (non-hydrogen) atoms. The molecule has 0 amide bonds. The number of fused-ring (bicyclic) bond motifs is 1. The molecule has 0 unspecified atom stereocenters. The fourth-order valence-corrected chi connectivity index (χ4v) is 2.16. The fourth-order valence-electron chi connectivity index (χ4n) is 1.34. The van der Waals surface area contributed by atoms with Crippen LogP contribution in [0.1, 0.15) is 6.92 Å². The molecule has 2 rings (SSSR count). The molecule has 0 saturated heterocycles. The van der Waals surface area contributed by atoms with Crippen LogP contribution in [0.2, 0.25) is 0 Å². The van der Waals surface area contributed by atoms with Crippen LogP contribution in [0.3, 0.4) is 0 Å². The Morgan fingerprint density at radius 2 is 2.38 bits per heavy atom. The van der Waals surface area contributed by atoms with Crippen LogP contribution in [-0.4, -0.2) is 14.8 Å². The van der Waals surface area contributed by atoms with Crippen molar-refractivity contribution < 1.29 is 0 Å². The highest BCUT2D eigenvalue weighted by molar-refractivity contribution is 14.1. The van der Waals surface area contributed by atoms with Gasteiger partial charge in [0.1, 0.15) is 9.52 Å². The molecule has 0 bridgehead atoms. The second-order valence-corrected chi connectivity index (χ2v) is 3.72. The number of nitrogen functional groups attached to an aromatic ring is 1. The summed E-state index contributed by atoms with van der Waals surface area (Å²) in [5.41, 5.74) is 6.81. The van der Waals surface area contributed by atoms with Crippen molar-refractivity contribution in [3.05, 3.63) is 16.0 Å². The molecule has 5 heteroatoms. The van der Waals surface area contributed by atoms with Crippen molar-refractivity contribution in [1.29, 1.82) is 0 Å². The Bertz CT molecular complexity index is 449. The van der Waals surface area contributed by atoms with Gasteiger partial charge in [0.25, 0.3) is 0 Å². The lowest BCUT2D eigenvalue weighted by molar-refractivity contribution is 0.678. The van der Waals surface area contributed by atoms with Crippen LogP contribution in [0.15, 0.2) is 12.3 Å². The first-order valence-electron chi connectivity index (χ1n) is 4.00. The molecular formula is C8H9IN4. The van der Waals surface area contributed by atoms with Crippen molar-refractivity contribution >= 4 is 39.3 Å². The van der Waals surface area contributed by atoms with Crippen LogP contribution in [0.25, 0.3) is 10.9 Å². The van der Waals surface area contributed by atoms with Crippen LogP contribution in [0.4, 0.5) is 5.82 Å². The molecule has 4 nitrogen and oxygen atoms in total. The number of anilines is 1. The summed E-state index contributed by atoms with van der Waals surface area (Å²) >= 11 is 2.18. The monoisotopic (exact) mass is 288 g/mol. The first-order chi connectivity index (χ1) is 6.24. The van der Waals surface area contributed by atoms with Crippen molar-refractivity contribution in [3.8, 4) is 0 Å². The molecule has 2 aromatic rings. The number of pyridine rings is 1. The lowest BCUT2D eigenvalue weighted by Gasteiger charge is -1.97. The topological polar surface area (TPSA) is 56.7 Å². The van der Waals surface area contributed by atoms with E-state index in [2.05, 4.69) is 39.6 Å². The Labute approximate surface area is 89.3 Å². The molecule has 0 atom stereocenters. The third kappa shape index (κ3) is 1.27. The van der Waals surface area contributed by atoms with Crippen LogP contribution in [-0.2, 0) is 6.54 Å².